The van der Waals surface area contributed by atoms with E-state index in [0.29, 0.717) is 15.7 Å². The molecule has 0 spiro atoms. The monoisotopic (exact) mass is 320 g/mol. The lowest BCUT2D eigenvalue weighted by Gasteiger charge is -2.08. The van der Waals surface area contributed by atoms with Crippen molar-refractivity contribution in [1.82, 2.24) is 9.38 Å². The number of benzene rings is 1. The predicted octanol–water partition coefficient (Wildman–Crippen LogP) is 3.61. The molecular formula is C15H13ClN2O2S. The van der Waals surface area contributed by atoms with Crippen molar-refractivity contribution in [3.8, 4) is 5.75 Å². The number of rotatable bonds is 3. The maximum absolute atomic E-state index is 12.0. The largest absolute Gasteiger partial charge is 0.487 e. The molecule has 0 saturated heterocycles. The summed E-state index contributed by atoms with van der Waals surface area (Å²) in [5.74, 6) is 0.740. The SMILES string of the molecule is Cc1cn2c(=O)cc(COc3ccc(Cl)cc3C)nc2s1. The quantitative estimate of drug-likeness (QED) is 0.740. The molecule has 0 radical (unpaired) electrons. The summed E-state index contributed by atoms with van der Waals surface area (Å²) >= 11 is 7.40. The smallest absolute Gasteiger partial charge is 0.258 e. The number of hydrogen-bond donors (Lipinski definition) is 0. The first-order valence-electron chi connectivity index (χ1n) is 6.40. The first-order chi connectivity index (χ1) is 10.0. The number of aromatic nitrogens is 2. The lowest BCUT2D eigenvalue weighted by atomic mass is 10.2. The van der Waals surface area contributed by atoms with Gasteiger partial charge < -0.3 is 4.74 Å². The zero-order chi connectivity index (χ0) is 15.0. The number of halogens is 1. The zero-order valence-corrected chi connectivity index (χ0v) is 13.2. The van der Waals surface area contributed by atoms with Crippen molar-refractivity contribution in [2.24, 2.45) is 0 Å². The van der Waals surface area contributed by atoms with Crippen LogP contribution >= 0.6 is 22.9 Å². The Morgan fingerprint density at radius 2 is 2.14 bits per heavy atom. The molecule has 0 aliphatic rings. The van der Waals surface area contributed by atoms with Crippen LogP contribution in [-0.4, -0.2) is 9.38 Å². The highest BCUT2D eigenvalue weighted by Crippen LogP contribution is 2.22. The van der Waals surface area contributed by atoms with Crippen LogP contribution in [0, 0.1) is 13.8 Å². The molecule has 6 heteroatoms. The van der Waals surface area contributed by atoms with Crippen LogP contribution in [0.15, 0.2) is 35.3 Å². The molecule has 0 aliphatic heterocycles. The van der Waals surface area contributed by atoms with Gasteiger partial charge in [0, 0.05) is 22.2 Å². The average molecular weight is 321 g/mol. The standard InChI is InChI=1S/C15H13ClN2O2S/c1-9-5-11(16)3-4-13(9)20-8-12-6-14(19)18-7-10(2)21-15(18)17-12/h3-7H,8H2,1-2H3. The molecule has 21 heavy (non-hydrogen) atoms. The lowest BCUT2D eigenvalue weighted by molar-refractivity contribution is 0.299. The van der Waals surface area contributed by atoms with Gasteiger partial charge in [-0.05, 0) is 37.6 Å². The van der Waals surface area contributed by atoms with Crippen LogP contribution in [0.3, 0.4) is 0 Å². The molecule has 2 aromatic heterocycles. The highest BCUT2D eigenvalue weighted by Gasteiger charge is 2.07. The van der Waals surface area contributed by atoms with Gasteiger partial charge >= 0.3 is 0 Å². The molecular weight excluding hydrogens is 308 g/mol. The minimum Gasteiger partial charge on any atom is -0.487 e. The normalized spacial score (nSPS) is 11.0. The second-order valence-corrected chi connectivity index (χ2v) is 6.43. The van der Waals surface area contributed by atoms with E-state index in [4.69, 9.17) is 16.3 Å². The Kier molecular flexibility index (Phi) is 3.69. The average Bonchev–Trinajstić information content (AvgIpc) is 2.79. The summed E-state index contributed by atoms with van der Waals surface area (Å²) in [6, 6.07) is 6.94. The molecule has 4 nitrogen and oxygen atoms in total. The van der Waals surface area contributed by atoms with Gasteiger partial charge in [-0.25, -0.2) is 4.98 Å². The van der Waals surface area contributed by atoms with Crippen LogP contribution in [0.25, 0.3) is 4.96 Å². The third-order valence-electron chi connectivity index (χ3n) is 3.05. The first-order valence-corrected chi connectivity index (χ1v) is 7.60. The number of ether oxygens (including phenoxy) is 1. The van der Waals surface area contributed by atoms with Crippen molar-refractivity contribution < 1.29 is 4.74 Å². The van der Waals surface area contributed by atoms with Gasteiger partial charge in [-0.1, -0.05) is 11.6 Å². The van der Waals surface area contributed by atoms with E-state index >= 15 is 0 Å². The van der Waals surface area contributed by atoms with Gasteiger partial charge in [0.25, 0.3) is 5.56 Å². The molecule has 1 aromatic carbocycles. The van der Waals surface area contributed by atoms with Gasteiger partial charge in [-0.15, -0.1) is 11.3 Å². The number of aryl methyl sites for hydroxylation is 2. The molecule has 108 valence electrons. The highest BCUT2D eigenvalue weighted by atomic mass is 35.5. The van der Waals surface area contributed by atoms with Gasteiger partial charge in [0.2, 0.25) is 0 Å². The van der Waals surface area contributed by atoms with Crippen LogP contribution in [0.1, 0.15) is 16.1 Å². The summed E-state index contributed by atoms with van der Waals surface area (Å²) in [4.78, 5) is 18.2. The Balaban J connectivity index is 1.86. The molecule has 0 saturated carbocycles. The fourth-order valence-corrected chi connectivity index (χ4v) is 3.14. The highest BCUT2D eigenvalue weighted by molar-refractivity contribution is 7.16. The van der Waals surface area contributed by atoms with Crippen LogP contribution in [0.2, 0.25) is 5.02 Å². The molecule has 3 rings (SSSR count). The van der Waals surface area contributed by atoms with Crippen LogP contribution in [0.5, 0.6) is 5.75 Å². The van der Waals surface area contributed by atoms with E-state index in [2.05, 4.69) is 4.98 Å². The summed E-state index contributed by atoms with van der Waals surface area (Å²) in [5, 5.41) is 0.673. The third kappa shape index (κ3) is 2.94. The van der Waals surface area contributed by atoms with E-state index in [9.17, 15) is 4.79 Å². The summed E-state index contributed by atoms with van der Waals surface area (Å²) in [6.07, 6.45) is 1.79. The number of hydrogen-bond acceptors (Lipinski definition) is 4. The third-order valence-corrected chi connectivity index (χ3v) is 4.18. The van der Waals surface area contributed by atoms with Crippen molar-refractivity contribution in [3.05, 3.63) is 62.0 Å². The predicted molar refractivity (Wildman–Crippen MR) is 84.6 cm³/mol. The van der Waals surface area contributed by atoms with E-state index in [1.165, 1.54) is 17.4 Å². The molecule has 0 fully saturated rings. The Morgan fingerprint density at radius 3 is 2.90 bits per heavy atom. The zero-order valence-electron chi connectivity index (χ0n) is 11.6. The Morgan fingerprint density at radius 1 is 1.33 bits per heavy atom. The van der Waals surface area contributed by atoms with Gasteiger partial charge in [-0.3, -0.25) is 9.20 Å². The minimum atomic E-state index is -0.0872. The summed E-state index contributed by atoms with van der Waals surface area (Å²) in [6.45, 7) is 4.13. The molecule has 0 aliphatic carbocycles. The number of fused-ring (bicyclic) bond motifs is 1. The first kappa shape index (κ1) is 14.1. The maximum Gasteiger partial charge on any atom is 0.258 e. The second kappa shape index (κ2) is 5.50. The van der Waals surface area contributed by atoms with Crippen molar-refractivity contribution in [1.29, 1.82) is 0 Å². The number of thiazole rings is 1. The summed E-state index contributed by atoms with van der Waals surface area (Å²) < 4.78 is 7.28. The summed E-state index contributed by atoms with van der Waals surface area (Å²) in [5.41, 5.74) is 1.49. The maximum atomic E-state index is 12.0. The molecule has 0 N–H and O–H groups in total. The van der Waals surface area contributed by atoms with E-state index < -0.39 is 0 Å². The van der Waals surface area contributed by atoms with E-state index in [-0.39, 0.29) is 12.2 Å². The van der Waals surface area contributed by atoms with E-state index in [1.54, 1.807) is 16.7 Å². The van der Waals surface area contributed by atoms with Crippen molar-refractivity contribution >= 4 is 27.9 Å². The topological polar surface area (TPSA) is 43.6 Å². The van der Waals surface area contributed by atoms with Crippen molar-refractivity contribution in [2.75, 3.05) is 0 Å². The fourth-order valence-electron chi connectivity index (χ4n) is 2.06. The number of nitrogens with zero attached hydrogens (tertiary/aromatic N) is 2. The van der Waals surface area contributed by atoms with Gasteiger partial charge in [-0.2, -0.15) is 0 Å². The van der Waals surface area contributed by atoms with Crippen LogP contribution < -0.4 is 10.3 Å². The Labute approximate surface area is 130 Å². The van der Waals surface area contributed by atoms with Gasteiger partial charge in [0.15, 0.2) is 4.96 Å². The van der Waals surface area contributed by atoms with Gasteiger partial charge in [0.1, 0.15) is 12.4 Å². The Hall–Kier alpha value is -1.85. The lowest BCUT2D eigenvalue weighted by Crippen LogP contribution is -2.14. The molecule has 0 amide bonds. The van der Waals surface area contributed by atoms with E-state index in [0.717, 1.165) is 16.2 Å². The van der Waals surface area contributed by atoms with Crippen LogP contribution in [0.4, 0.5) is 0 Å². The summed E-state index contributed by atoms with van der Waals surface area (Å²) in [7, 11) is 0. The molecule has 0 bridgehead atoms. The van der Waals surface area contributed by atoms with E-state index in [1.807, 2.05) is 26.0 Å². The Bertz CT molecular complexity index is 870. The molecule has 3 aromatic rings. The fraction of sp³-hybridized carbons (Fsp3) is 0.200. The van der Waals surface area contributed by atoms with Crippen molar-refractivity contribution in [2.45, 2.75) is 20.5 Å². The minimum absolute atomic E-state index is 0.0872. The van der Waals surface area contributed by atoms with Crippen LogP contribution in [-0.2, 0) is 6.61 Å². The second-order valence-electron chi connectivity index (χ2n) is 4.78. The molecule has 0 atom stereocenters. The van der Waals surface area contributed by atoms with Gasteiger partial charge in [0.05, 0.1) is 5.69 Å². The molecule has 2 heterocycles. The molecule has 0 unspecified atom stereocenters. The van der Waals surface area contributed by atoms with Crippen molar-refractivity contribution in [3.63, 3.8) is 0 Å².